The van der Waals surface area contributed by atoms with E-state index in [4.69, 9.17) is 5.73 Å². The minimum Gasteiger partial charge on any atom is -0.356 e. The number of anilines is 1. The van der Waals surface area contributed by atoms with Gasteiger partial charge in [0.15, 0.2) is 0 Å². The number of nitrogens with one attached hydrogen (secondary N) is 1. The zero-order valence-corrected chi connectivity index (χ0v) is 13.7. The first-order valence-electron chi connectivity index (χ1n) is 8.46. The predicted molar refractivity (Wildman–Crippen MR) is 95.7 cm³/mol. The van der Waals surface area contributed by atoms with Gasteiger partial charge >= 0.3 is 0 Å². The number of carbonyl (C=O) groups excluding carboxylic acids is 2. The van der Waals surface area contributed by atoms with E-state index in [0.717, 1.165) is 29.3 Å². The molecule has 0 saturated carbocycles. The molecular formula is C19H23N3O2. The standard InChI is InChI=1S/C19H23N3O2/c20-10-3-4-11-21-19(24)15-12-18(23)22(13-15)17-9-5-7-14-6-1-2-8-16(14)17/h1-2,5-9,15H,3-4,10-13,20H2,(H,21,24). The van der Waals surface area contributed by atoms with Crippen molar-refractivity contribution in [2.75, 3.05) is 24.5 Å². The van der Waals surface area contributed by atoms with Crippen LogP contribution in [0.25, 0.3) is 10.8 Å². The van der Waals surface area contributed by atoms with Gasteiger partial charge in [0, 0.05) is 24.9 Å². The molecule has 1 unspecified atom stereocenters. The van der Waals surface area contributed by atoms with Gasteiger partial charge in [-0.05, 0) is 30.8 Å². The number of hydrogen-bond donors (Lipinski definition) is 2. The fourth-order valence-corrected chi connectivity index (χ4v) is 3.18. The molecule has 1 atom stereocenters. The van der Waals surface area contributed by atoms with Crippen molar-refractivity contribution in [3.8, 4) is 0 Å². The van der Waals surface area contributed by atoms with Crippen LogP contribution in [0.5, 0.6) is 0 Å². The van der Waals surface area contributed by atoms with E-state index in [0.29, 0.717) is 19.6 Å². The highest BCUT2D eigenvalue weighted by atomic mass is 16.2. The molecule has 1 aliphatic rings. The van der Waals surface area contributed by atoms with Gasteiger partial charge in [-0.25, -0.2) is 0 Å². The summed E-state index contributed by atoms with van der Waals surface area (Å²) in [5.41, 5.74) is 6.34. The zero-order valence-electron chi connectivity index (χ0n) is 13.7. The Morgan fingerprint density at radius 3 is 2.79 bits per heavy atom. The van der Waals surface area contributed by atoms with Crippen molar-refractivity contribution < 1.29 is 9.59 Å². The van der Waals surface area contributed by atoms with Crippen molar-refractivity contribution >= 4 is 28.3 Å². The number of fused-ring (bicyclic) bond motifs is 1. The molecule has 24 heavy (non-hydrogen) atoms. The maximum Gasteiger partial charge on any atom is 0.227 e. The van der Waals surface area contributed by atoms with Crippen molar-refractivity contribution in [2.24, 2.45) is 11.7 Å². The summed E-state index contributed by atoms with van der Waals surface area (Å²) in [5.74, 6) is -0.314. The molecule has 2 amide bonds. The van der Waals surface area contributed by atoms with Crippen molar-refractivity contribution in [1.29, 1.82) is 0 Å². The topological polar surface area (TPSA) is 75.4 Å². The molecule has 126 valence electrons. The fourth-order valence-electron chi connectivity index (χ4n) is 3.18. The summed E-state index contributed by atoms with van der Waals surface area (Å²) in [7, 11) is 0. The van der Waals surface area contributed by atoms with Crippen LogP contribution in [0.15, 0.2) is 42.5 Å². The van der Waals surface area contributed by atoms with Gasteiger partial charge in [-0.15, -0.1) is 0 Å². The maximum atomic E-state index is 12.4. The summed E-state index contributed by atoms with van der Waals surface area (Å²) in [5, 5.41) is 5.05. The molecule has 0 spiro atoms. The molecule has 1 heterocycles. The van der Waals surface area contributed by atoms with Gasteiger partial charge in [0.25, 0.3) is 0 Å². The largest absolute Gasteiger partial charge is 0.356 e. The lowest BCUT2D eigenvalue weighted by molar-refractivity contribution is -0.126. The second-order valence-electron chi connectivity index (χ2n) is 6.19. The zero-order chi connectivity index (χ0) is 16.9. The molecule has 1 saturated heterocycles. The van der Waals surface area contributed by atoms with Crippen LogP contribution >= 0.6 is 0 Å². The van der Waals surface area contributed by atoms with Gasteiger partial charge in [0.1, 0.15) is 0 Å². The van der Waals surface area contributed by atoms with Gasteiger partial charge in [-0.3, -0.25) is 9.59 Å². The number of benzene rings is 2. The van der Waals surface area contributed by atoms with E-state index in [1.165, 1.54) is 0 Å². The van der Waals surface area contributed by atoms with Gasteiger partial charge in [-0.1, -0.05) is 36.4 Å². The minimum absolute atomic E-state index is 0.00783. The highest BCUT2D eigenvalue weighted by molar-refractivity contribution is 6.06. The lowest BCUT2D eigenvalue weighted by atomic mass is 10.1. The van der Waals surface area contributed by atoms with Gasteiger partial charge in [0.05, 0.1) is 11.6 Å². The Kier molecular flexibility index (Phi) is 5.11. The lowest BCUT2D eigenvalue weighted by Crippen LogP contribution is -2.33. The summed E-state index contributed by atoms with van der Waals surface area (Å²) in [6, 6.07) is 13.9. The van der Waals surface area contributed by atoms with E-state index in [1.807, 2.05) is 42.5 Å². The summed E-state index contributed by atoms with van der Waals surface area (Å²) < 4.78 is 0. The highest BCUT2D eigenvalue weighted by Crippen LogP contribution is 2.31. The SMILES string of the molecule is NCCCCNC(=O)C1CC(=O)N(c2cccc3ccccc23)C1. The Morgan fingerprint density at radius 2 is 1.96 bits per heavy atom. The fraction of sp³-hybridized carbons (Fsp3) is 0.368. The van der Waals surface area contributed by atoms with E-state index >= 15 is 0 Å². The van der Waals surface area contributed by atoms with E-state index in [-0.39, 0.29) is 24.2 Å². The van der Waals surface area contributed by atoms with Gasteiger partial charge in [0.2, 0.25) is 11.8 Å². The van der Waals surface area contributed by atoms with Crippen LogP contribution in [0.3, 0.4) is 0 Å². The normalized spacial score (nSPS) is 17.5. The molecule has 3 rings (SSSR count). The van der Waals surface area contributed by atoms with Crippen LogP contribution in [0.4, 0.5) is 5.69 Å². The van der Waals surface area contributed by atoms with Crippen LogP contribution in [0, 0.1) is 5.92 Å². The van der Waals surface area contributed by atoms with Crippen LogP contribution in [0.2, 0.25) is 0 Å². The molecular weight excluding hydrogens is 302 g/mol. The van der Waals surface area contributed by atoms with Gasteiger partial charge in [-0.2, -0.15) is 0 Å². The molecule has 2 aromatic carbocycles. The first kappa shape index (κ1) is 16.5. The third-order valence-electron chi connectivity index (χ3n) is 4.48. The van der Waals surface area contributed by atoms with E-state index in [9.17, 15) is 9.59 Å². The van der Waals surface area contributed by atoms with Crippen LogP contribution in [-0.4, -0.2) is 31.4 Å². The Bertz CT molecular complexity index is 739. The van der Waals surface area contributed by atoms with Crippen molar-refractivity contribution in [2.45, 2.75) is 19.3 Å². The summed E-state index contributed by atoms with van der Waals surface area (Å²) in [6.45, 7) is 1.69. The third-order valence-corrected chi connectivity index (χ3v) is 4.48. The van der Waals surface area contributed by atoms with Crippen molar-refractivity contribution in [1.82, 2.24) is 5.32 Å². The molecule has 5 nitrogen and oxygen atoms in total. The molecule has 0 radical (unpaired) electrons. The highest BCUT2D eigenvalue weighted by Gasteiger charge is 2.35. The van der Waals surface area contributed by atoms with Crippen LogP contribution in [-0.2, 0) is 9.59 Å². The number of rotatable bonds is 6. The molecule has 3 N–H and O–H groups in total. The Hall–Kier alpha value is -2.40. The number of hydrogen-bond acceptors (Lipinski definition) is 3. The number of carbonyl (C=O) groups is 2. The average molecular weight is 325 g/mol. The van der Waals surface area contributed by atoms with E-state index in [1.54, 1.807) is 4.90 Å². The number of nitrogens with zero attached hydrogens (tertiary/aromatic N) is 1. The minimum atomic E-state index is -0.283. The second-order valence-corrected chi connectivity index (χ2v) is 6.19. The molecule has 0 bridgehead atoms. The molecule has 5 heteroatoms. The number of unbranched alkanes of at least 4 members (excludes halogenated alkanes) is 1. The third kappa shape index (κ3) is 3.41. The average Bonchev–Trinajstić information content (AvgIpc) is 3.00. The summed E-state index contributed by atoms with van der Waals surface area (Å²) in [6.07, 6.45) is 2.04. The smallest absolute Gasteiger partial charge is 0.227 e. The molecule has 2 aromatic rings. The number of nitrogens with two attached hydrogens (primary N) is 1. The van der Waals surface area contributed by atoms with Gasteiger partial charge < -0.3 is 16.0 Å². The quantitative estimate of drug-likeness (QED) is 0.798. The molecule has 0 aromatic heterocycles. The number of amides is 2. The first-order chi connectivity index (χ1) is 11.7. The first-order valence-corrected chi connectivity index (χ1v) is 8.46. The van der Waals surface area contributed by atoms with E-state index < -0.39 is 0 Å². The molecule has 1 fully saturated rings. The lowest BCUT2D eigenvalue weighted by Gasteiger charge is -2.19. The maximum absolute atomic E-state index is 12.4. The van der Waals surface area contributed by atoms with Crippen molar-refractivity contribution in [3.05, 3.63) is 42.5 Å². The van der Waals surface area contributed by atoms with Crippen LogP contribution < -0.4 is 16.0 Å². The predicted octanol–water partition coefficient (Wildman–Crippen LogP) is 2.05. The Balaban J connectivity index is 1.71. The Labute approximate surface area is 141 Å². The van der Waals surface area contributed by atoms with Crippen LogP contribution in [0.1, 0.15) is 19.3 Å². The second kappa shape index (κ2) is 7.45. The van der Waals surface area contributed by atoms with E-state index in [2.05, 4.69) is 5.32 Å². The molecule has 1 aliphatic heterocycles. The summed E-state index contributed by atoms with van der Waals surface area (Å²) >= 11 is 0. The Morgan fingerprint density at radius 1 is 1.17 bits per heavy atom. The van der Waals surface area contributed by atoms with Crippen molar-refractivity contribution in [3.63, 3.8) is 0 Å². The molecule has 0 aliphatic carbocycles. The summed E-state index contributed by atoms with van der Waals surface area (Å²) in [4.78, 5) is 26.5. The monoisotopic (exact) mass is 325 g/mol.